The number of aromatic nitrogens is 3. The maximum absolute atomic E-state index is 13.8. The molecular formula is C18H10Cl2F6N4O4S. The number of alkyl halides is 6. The zero-order valence-electron chi connectivity index (χ0n) is 16.9. The van der Waals surface area contributed by atoms with Gasteiger partial charge in [0.05, 0.1) is 15.6 Å². The smallest absolute Gasteiger partial charge is 0.406 e. The quantitative estimate of drug-likeness (QED) is 0.443. The molecule has 0 spiro atoms. The summed E-state index contributed by atoms with van der Waals surface area (Å²) in [4.78, 5) is 12.1. The van der Waals surface area contributed by atoms with Gasteiger partial charge in [-0.25, -0.2) is 17.8 Å². The normalized spacial score (nSPS) is 12.5. The molecule has 0 fully saturated rings. The summed E-state index contributed by atoms with van der Waals surface area (Å²) in [5.41, 5.74) is -3.86. The predicted molar refractivity (Wildman–Crippen MR) is 109 cm³/mol. The first-order valence-electron chi connectivity index (χ1n) is 8.92. The van der Waals surface area contributed by atoms with Crippen LogP contribution in [0.3, 0.4) is 0 Å². The molecule has 0 aliphatic carbocycles. The maximum atomic E-state index is 13.8. The van der Waals surface area contributed by atoms with Crippen LogP contribution in [-0.2, 0) is 16.2 Å². The molecule has 0 aliphatic heterocycles. The third-order valence-corrected chi connectivity index (χ3v) is 6.46. The Labute approximate surface area is 202 Å². The molecule has 1 N–H and O–H groups in total. The molecule has 0 saturated carbocycles. The maximum Gasteiger partial charge on any atom is 0.573 e. The number of carbonyl (C=O) groups excluding carboxylic acids is 1. The standard InChI is InChI=1S/C18H10Cl2F6N4O4S/c1-8-10(19)3-2-4-13(8)35(32,33)28-16(31)14-15(17(21,22)23)30(29-27-14)12-6-5-9(7-11(12)20)34-18(24,25)26/h2-7H,1H3,(H,28,31). The Morgan fingerprint density at radius 2 is 1.71 bits per heavy atom. The molecule has 3 aromatic rings. The summed E-state index contributed by atoms with van der Waals surface area (Å²) in [6.07, 6.45) is -10.4. The first-order chi connectivity index (χ1) is 16.0. The van der Waals surface area contributed by atoms with E-state index >= 15 is 0 Å². The molecule has 0 atom stereocenters. The van der Waals surface area contributed by atoms with Crippen LogP contribution < -0.4 is 9.46 Å². The Morgan fingerprint density at radius 1 is 1.06 bits per heavy atom. The fourth-order valence-electron chi connectivity index (χ4n) is 2.82. The number of amides is 1. The van der Waals surface area contributed by atoms with Crippen molar-refractivity contribution in [3.8, 4) is 11.4 Å². The van der Waals surface area contributed by atoms with Crippen LogP contribution in [0.25, 0.3) is 5.69 Å². The van der Waals surface area contributed by atoms with E-state index < -0.39 is 61.2 Å². The molecule has 0 saturated heterocycles. The number of benzene rings is 2. The average Bonchev–Trinajstić information content (AvgIpc) is 3.14. The molecule has 3 rings (SSSR count). The van der Waals surface area contributed by atoms with Crippen molar-refractivity contribution >= 4 is 39.1 Å². The molecule has 2 aromatic carbocycles. The molecule has 188 valence electrons. The number of ether oxygens (including phenoxy) is 1. The second-order valence-electron chi connectivity index (χ2n) is 6.65. The highest BCUT2D eigenvalue weighted by atomic mass is 35.5. The summed E-state index contributed by atoms with van der Waals surface area (Å²) in [5.74, 6) is -2.61. The largest absolute Gasteiger partial charge is 0.573 e. The molecule has 35 heavy (non-hydrogen) atoms. The highest BCUT2D eigenvalue weighted by molar-refractivity contribution is 7.90. The van der Waals surface area contributed by atoms with Crippen molar-refractivity contribution < 1.29 is 44.3 Å². The van der Waals surface area contributed by atoms with Gasteiger partial charge in [0.15, 0.2) is 11.4 Å². The Bertz CT molecular complexity index is 1410. The van der Waals surface area contributed by atoms with Gasteiger partial charge in [0.2, 0.25) is 0 Å². The number of rotatable bonds is 5. The highest BCUT2D eigenvalue weighted by Crippen LogP contribution is 2.36. The molecule has 17 heteroatoms. The lowest BCUT2D eigenvalue weighted by Crippen LogP contribution is -2.33. The Kier molecular flexibility index (Phi) is 6.98. The van der Waals surface area contributed by atoms with Gasteiger partial charge in [-0.2, -0.15) is 13.2 Å². The lowest BCUT2D eigenvalue weighted by Gasteiger charge is -2.14. The monoisotopic (exact) mass is 562 g/mol. The van der Waals surface area contributed by atoms with E-state index in [4.69, 9.17) is 23.2 Å². The summed E-state index contributed by atoms with van der Waals surface area (Å²) < 4.78 is 109. The van der Waals surface area contributed by atoms with Crippen LogP contribution in [0.4, 0.5) is 26.3 Å². The Balaban J connectivity index is 2.04. The Morgan fingerprint density at radius 3 is 2.29 bits per heavy atom. The number of nitrogens with one attached hydrogen (secondary N) is 1. The topological polar surface area (TPSA) is 103 Å². The van der Waals surface area contributed by atoms with Crippen molar-refractivity contribution in [2.24, 2.45) is 0 Å². The second-order valence-corrected chi connectivity index (χ2v) is 9.12. The van der Waals surface area contributed by atoms with E-state index in [2.05, 4.69) is 15.0 Å². The number of sulfonamides is 1. The summed E-state index contributed by atoms with van der Waals surface area (Å²) in [6, 6.07) is 5.62. The minimum absolute atomic E-state index is 0.0230. The number of hydrogen-bond donors (Lipinski definition) is 1. The molecular weight excluding hydrogens is 553 g/mol. The molecule has 8 nitrogen and oxygen atoms in total. The second kappa shape index (κ2) is 9.20. The fraction of sp³-hybridized carbons (Fsp3) is 0.167. The summed E-state index contributed by atoms with van der Waals surface area (Å²) >= 11 is 11.7. The zero-order chi connectivity index (χ0) is 26.3. The lowest BCUT2D eigenvalue weighted by atomic mass is 10.2. The molecule has 1 heterocycles. The highest BCUT2D eigenvalue weighted by Gasteiger charge is 2.43. The SMILES string of the molecule is Cc1c(Cl)cccc1S(=O)(=O)NC(=O)c1nnn(-c2ccc(OC(F)(F)F)cc2Cl)c1C(F)(F)F. The van der Waals surface area contributed by atoms with Crippen LogP contribution in [-0.4, -0.2) is 35.7 Å². The minimum atomic E-state index is -5.32. The van der Waals surface area contributed by atoms with Gasteiger partial charge in [-0.3, -0.25) is 4.79 Å². The molecule has 0 radical (unpaired) electrons. The summed E-state index contributed by atoms with van der Waals surface area (Å²) in [7, 11) is -4.69. The van der Waals surface area contributed by atoms with Gasteiger partial charge >= 0.3 is 12.5 Å². The van der Waals surface area contributed by atoms with Crippen molar-refractivity contribution in [2.45, 2.75) is 24.4 Å². The van der Waals surface area contributed by atoms with Gasteiger partial charge in [0.1, 0.15) is 5.75 Å². The van der Waals surface area contributed by atoms with Gasteiger partial charge in [-0.1, -0.05) is 34.5 Å². The van der Waals surface area contributed by atoms with E-state index in [9.17, 15) is 39.6 Å². The third kappa shape index (κ3) is 5.79. The van der Waals surface area contributed by atoms with E-state index in [0.29, 0.717) is 18.2 Å². The molecule has 0 bridgehead atoms. The molecule has 1 aromatic heterocycles. The Hall–Kier alpha value is -3.04. The summed E-state index contributed by atoms with van der Waals surface area (Å²) in [5, 5.41) is 5.67. The predicted octanol–water partition coefficient (Wildman–Crippen LogP) is 4.92. The van der Waals surface area contributed by atoms with Gasteiger partial charge in [-0.15, -0.1) is 18.3 Å². The van der Waals surface area contributed by atoms with Crippen LogP contribution >= 0.6 is 23.2 Å². The zero-order valence-corrected chi connectivity index (χ0v) is 19.2. The number of nitrogens with zero attached hydrogens (tertiary/aromatic N) is 3. The van der Waals surface area contributed by atoms with Gasteiger partial charge in [-0.05, 0) is 36.8 Å². The van der Waals surface area contributed by atoms with Crippen molar-refractivity contribution in [1.29, 1.82) is 0 Å². The van der Waals surface area contributed by atoms with E-state index in [1.165, 1.54) is 23.8 Å². The molecule has 0 unspecified atom stereocenters. The van der Waals surface area contributed by atoms with Crippen molar-refractivity contribution in [2.75, 3.05) is 0 Å². The molecule has 1 amide bonds. The van der Waals surface area contributed by atoms with Crippen molar-refractivity contribution in [1.82, 2.24) is 19.7 Å². The minimum Gasteiger partial charge on any atom is -0.406 e. The van der Waals surface area contributed by atoms with Crippen LogP contribution in [0.15, 0.2) is 41.3 Å². The van der Waals surface area contributed by atoms with Gasteiger partial charge in [0.25, 0.3) is 15.9 Å². The van der Waals surface area contributed by atoms with E-state index in [1.54, 1.807) is 0 Å². The van der Waals surface area contributed by atoms with E-state index in [0.717, 1.165) is 6.07 Å². The van der Waals surface area contributed by atoms with Crippen molar-refractivity contribution in [3.63, 3.8) is 0 Å². The van der Waals surface area contributed by atoms with Crippen LogP contribution in [0, 0.1) is 6.92 Å². The fourth-order valence-corrected chi connectivity index (χ4v) is 4.52. The first kappa shape index (κ1) is 26.6. The third-order valence-electron chi connectivity index (χ3n) is 4.27. The number of carbonyl (C=O) groups is 1. The average molecular weight is 563 g/mol. The first-order valence-corrected chi connectivity index (χ1v) is 11.2. The van der Waals surface area contributed by atoms with Gasteiger partial charge < -0.3 is 4.74 Å². The van der Waals surface area contributed by atoms with Crippen LogP contribution in [0.5, 0.6) is 5.75 Å². The number of hydrogen-bond acceptors (Lipinski definition) is 6. The summed E-state index contributed by atoms with van der Waals surface area (Å²) in [6.45, 7) is 1.31. The number of halogens is 8. The van der Waals surface area contributed by atoms with Crippen LogP contribution in [0.2, 0.25) is 10.0 Å². The van der Waals surface area contributed by atoms with Gasteiger partial charge in [0, 0.05) is 11.1 Å². The van der Waals surface area contributed by atoms with E-state index in [-0.39, 0.29) is 15.3 Å². The van der Waals surface area contributed by atoms with E-state index in [1.807, 2.05) is 0 Å². The van der Waals surface area contributed by atoms with Crippen LogP contribution in [0.1, 0.15) is 21.7 Å². The van der Waals surface area contributed by atoms with Crippen molar-refractivity contribution in [3.05, 3.63) is 63.4 Å². The lowest BCUT2D eigenvalue weighted by molar-refractivity contribution is -0.274. The molecule has 0 aliphatic rings.